The van der Waals surface area contributed by atoms with Crippen LogP contribution in [-0.2, 0) is 10.0 Å². The van der Waals surface area contributed by atoms with E-state index in [1.54, 1.807) is 27.7 Å². The van der Waals surface area contributed by atoms with Gasteiger partial charge in [0, 0.05) is 19.0 Å². The summed E-state index contributed by atoms with van der Waals surface area (Å²) >= 11 is 4.90. The van der Waals surface area contributed by atoms with E-state index in [0.29, 0.717) is 17.7 Å². The molecule has 0 aliphatic carbocycles. The average molecular weight is 332 g/mol. The number of benzene rings is 1. The standard InChI is InChI=1S/C14H21FN2O2S2/c1-5-17(8-11(4)14(16)20)21(18,19)13-9(2)6-12(15)7-10(13)3/h6-7,11H,5,8H2,1-4H3,(H2,16,20). The van der Waals surface area contributed by atoms with Crippen molar-refractivity contribution in [3.05, 3.63) is 29.1 Å². The number of aryl methyl sites for hydroxylation is 2. The lowest BCUT2D eigenvalue weighted by Crippen LogP contribution is -2.38. The van der Waals surface area contributed by atoms with Crippen molar-refractivity contribution in [1.82, 2.24) is 4.31 Å². The molecule has 1 atom stereocenters. The second kappa shape index (κ2) is 6.81. The molecule has 0 saturated heterocycles. The summed E-state index contributed by atoms with van der Waals surface area (Å²) in [7, 11) is -3.71. The van der Waals surface area contributed by atoms with Crippen molar-refractivity contribution in [3.8, 4) is 0 Å². The fourth-order valence-corrected chi connectivity index (χ4v) is 4.25. The number of hydrogen-bond donors (Lipinski definition) is 1. The highest BCUT2D eigenvalue weighted by Crippen LogP contribution is 2.25. The van der Waals surface area contributed by atoms with Crippen LogP contribution in [0.5, 0.6) is 0 Å². The fraction of sp³-hybridized carbons (Fsp3) is 0.500. The molecule has 118 valence electrons. The van der Waals surface area contributed by atoms with Crippen LogP contribution in [0.15, 0.2) is 17.0 Å². The molecule has 1 unspecified atom stereocenters. The number of thiocarbonyl (C=S) groups is 1. The van der Waals surface area contributed by atoms with E-state index in [-0.39, 0.29) is 22.3 Å². The van der Waals surface area contributed by atoms with E-state index in [1.165, 1.54) is 16.4 Å². The van der Waals surface area contributed by atoms with Crippen LogP contribution >= 0.6 is 12.2 Å². The number of halogens is 1. The van der Waals surface area contributed by atoms with Crippen LogP contribution in [0.3, 0.4) is 0 Å². The van der Waals surface area contributed by atoms with Crippen molar-refractivity contribution in [2.75, 3.05) is 13.1 Å². The molecule has 1 aromatic rings. The summed E-state index contributed by atoms with van der Waals surface area (Å²) < 4.78 is 40.3. The molecule has 0 heterocycles. The maximum atomic E-state index is 13.4. The summed E-state index contributed by atoms with van der Waals surface area (Å²) in [6.07, 6.45) is 0. The smallest absolute Gasteiger partial charge is 0.243 e. The third kappa shape index (κ3) is 3.99. The zero-order valence-electron chi connectivity index (χ0n) is 12.7. The Labute approximate surface area is 131 Å². The highest BCUT2D eigenvalue weighted by molar-refractivity contribution is 7.89. The number of rotatable bonds is 6. The molecule has 1 rings (SSSR count). The number of nitrogens with two attached hydrogens (primary N) is 1. The lowest BCUT2D eigenvalue weighted by molar-refractivity contribution is 0.404. The van der Waals surface area contributed by atoms with Crippen molar-refractivity contribution in [1.29, 1.82) is 0 Å². The van der Waals surface area contributed by atoms with Crippen LogP contribution in [0.4, 0.5) is 4.39 Å². The zero-order chi connectivity index (χ0) is 16.4. The van der Waals surface area contributed by atoms with Crippen molar-refractivity contribution in [2.24, 2.45) is 11.7 Å². The van der Waals surface area contributed by atoms with E-state index >= 15 is 0 Å². The Morgan fingerprint density at radius 3 is 2.24 bits per heavy atom. The van der Waals surface area contributed by atoms with Gasteiger partial charge in [0.1, 0.15) is 5.82 Å². The van der Waals surface area contributed by atoms with E-state index in [4.69, 9.17) is 18.0 Å². The second-order valence-corrected chi connectivity index (χ2v) is 7.47. The normalized spacial score (nSPS) is 13.4. The molecule has 0 aliphatic rings. The van der Waals surface area contributed by atoms with Gasteiger partial charge in [0.2, 0.25) is 10.0 Å². The van der Waals surface area contributed by atoms with Gasteiger partial charge < -0.3 is 5.73 Å². The molecule has 7 heteroatoms. The summed E-state index contributed by atoms with van der Waals surface area (Å²) in [5, 5.41) is 0. The van der Waals surface area contributed by atoms with Gasteiger partial charge >= 0.3 is 0 Å². The van der Waals surface area contributed by atoms with Gasteiger partial charge in [0.05, 0.1) is 9.88 Å². The first-order chi connectivity index (χ1) is 9.61. The summed E-state index contributed by atoms with van der Waals surface area (Å²) in [5.41, 5.74) is 6.36. The maximum Gasteiger partial charge on any atom is 0.243 e. The van der Waals surface area contributed by atoms with E-state index in [1.807, 2.05) is 0 Å². The van der Waals surface area contributed by atoms with Gasteiger partial charge in [-0.2, -0.15) is 4.31 Å². The molecule has 0 saturated carbocycles. The Morgan fingerprint density at radius 2 is 1.86 bits per heavy atom. The molecular formula is C14H21FN2O2S2. The minimum Gasteiger partial charge on any atom is -0.393 e. The Kier molecular flexibility index (Phi) is 5.83. The molecular weight excluding hydrogens is 311 g/mol. The molecule has 2 N–H and O–H groups in total. The SMILES string of the molecule is CCN(CC(C)C(N)=S)S(=O)(=O)c1c(C)cc(F)cc1C. The lowest BCUT2D eigenvalue weighted by atomic mass is 10.1. The molecule has 4 nitrogen and oxygen atoms in total. The van der Waals surface area contributed by atoms with Gasteiger partial charge in [0.15, 0.2) is 0 Å². The average Bonchev–Trinajstić information content (AvgIpc) is 2.33. The van der Waals surface area contributed by atoms with Crippen molar-refractivity contribution < 1.29 is 12.8 Å². The van der Waals surface area contributed by atoms with Crippen molar-refractivity contribution in [3.63, 3.8) is 0 Å². The predicted molar refractivity (Wildman–Crippen MR) is 86.3 cm³/mol. The Morgan fingerprint density at radius 1 is 1.38 bits per heavy atom. The third-order valence-corrected chi connectivity index (χ3v) is 5.99. The van der Waals surface area contributed by atoms with Gasteiger partial charge in [-0.15, -0.1) is 0 Å². The van der Waals surface area contributed by atoms with Crippen LogP contribution < -0.4 is 5.73 Å². The first-order valence-corrected chi connectivity index (χ1v) is 8.52. The second-order valence-electron chi connectivity index (χ2n) is 5.13. The molecule has 0 radical (unpaired) electrons. The molecule has 0 bridgehead atoms. The lowest BCUT2D eigenvalue weighted by Gasteiger charge is -2.25. The van der Waals surface area contributed by atoms with Crippen molar-refractivity contribution in [2.45, 2.75) is 32.6 Å². The summed E-state index contributed by atoms with van der Waals surface area (Å²) in [6, 6.07) is 2.45. The molecule has 0 amide bonds. The zero-order valence-corrected chi connectivity index (χ0v) is 14.3. The minimum absolute atomic E-state index is 0.154. The first kappa shape index (κ1) is 18.0. The summed E-state index contributed by atoms with van der Waals surface area (Å²) in [4.78, 5) is 0.428. The largest absolute Gasteiger partial charge is 0.393 e. The summed E-state index contributed by atoms with van der Waals surface area (Å²) in [6.45, 7) is 7.22. The van der Waals surface area contributed by atoms with Gasteiger partial charge in [0.25, 0.3) is 0 Å². The molecule has 1 aromatic carbocycles. The van der Waals surface area contributed by atoms with Crippen LogP contribution in [0.1, 0.15) is 25.0 Å². The third-order valence-electron chi connectivity index (χ3n) is 3.34. The van der Waals surface area contributed by atoms with Crippen LogP contribution in [0.2, 0.25) is 0 Å². The Hall–Kier alpha value is -1.05. The molecule has 0 aliphatic heterocycles. The first-order valence-electron chi connectivity index (χ1n) is 6.67. The predicted octanol–water partition coefficient (Wildman–Crippen LogP) is 2.38. The number of hydrogen-bond acceptors (Lipinski definition) is 3. The maximum absolute atomic E-state index is 13.4. The van der Waals surface area contributed by atoms with Crippen LogP contribution in [0.25, 0.3) is 0 Å². The van der Waals surface area contributed by atoms with Gasteiger partial charge in [-0.05, 0) is 37.1 Å². The highest BCUT2D eigenvalue weighted by Gasteiger charge is 2.28. The van der Waals surface area contributed by atoms with E-state index in [2.05, 4.69) is 0 Å². The van der Waals surface area contributed by atoms with E-state index < -0.39 is 15.8 Å². The van der Waals surface area contributed by atoms with Crippen molar-refractivity contribution >= 4 is 27.2 Å². The number of nitrogens with zero attached hydrogens (tertiary/aromatic N) is 1. The Bertz CT molecular complexity index is 621. The highest BCUT2D eigenvalue weighted by atomic mass is 32.2. The van der Waals surface area contributed by atoms with Gasteiger partial charge in [-0.1, -0.05) is 26.1 Å². The van der Waals surface area contributed by atoms with Gasteiger partial charge in [-0.25, -0.2) is 12.8 Å². The topological polar surface area (TPSA) is 63.4 Å². The number of sulfonamides is 1. The fourth-order valence-electron chi connectivity index (χ4n) is 2.23. The van der Waals surface area contributed by atoms with Crippen LogP contribution in [-0.4, -0.2) is 30.8 Å². The molecule has 0 fully saturated rings. The van der Waals surface area contributed by atoms with E-state index in [0.717, 1.165) is 0 Å². The molecule has 0 aromatic heterocycles. The van der Waals surface area contributed by atoms with Crippen LogP contribution in [0, 0.1) is 25.6 Å². The minimum atomic E-state index is -3.71. The van der Waals surface area contributed by atoms with E-state index in [9.17, 15) is 12.8 Å². The monoisotopic (exact) mass is 332 g/mol. The summed E-state index contributed by atoms with van der Waals surface area (Å²) in [5.74, 6) is -0.667. The van der Waals surface area contributed by atoms with Gasteiger partial charge in [-0.3, -0.25) is 0 Å². The Balaban J connectivity index is 3.29. The molecule has 21 heavy (non-hydrogen) atoms. The molecule has 0 spiro atoms. The quantitative estimate of drug-likeness (QED) is 0.813.